The van der Waals surface area contributed by atoms with Crippen LogP contribution in [0.25, 0.3) is 0 Å². The molecule has 1 aliphatic heterocycles. The van der Waals surface area contributed by atoms with Gasteiger partial charge in [-0.05, 0) is 6.07 Å². The van der Waals surface area contributed by atoms with Crippen LogP contribution >= 0.6 is 12.2 Å². The van der Waals surface area contributed by atoms with Crippen LogP contribution in [0, 0.1) is 0 Å². The highest BCUT2D eigenvalue weighted by atomic mass is 32.1. The summed E-state index contributed by atoms with van der Waals surface area (Å²) >= 11 is 5.22. The van der Waals surface area contributed by atoms with Crippen LogP contribution in [-0.2, 0) is 6.42 Å². The number of hydrogen-bond acceptors (Lipinski definition) is 2. The van der Waals surface area contributed by atoms with Gasteiger partial charge in [0.05, 0.1) is 6.54 Å². The first kappa shape index (κ1) is 9.21. The van der Waals surface area contributed by atoms with Gasteiger partial charge in [-0.3, -0.25) is 0 Å². The Balaban J connectivity index is 2.26. The van der Waals surface area contributed by atoms with Crippen molar-refractivity contribution in [3.63, 3.8) is 0 Å². The van der Waals surface area contributed by atoms with Gasteiger partial charge in [-0.15, -0.1) is 6.58 Å². The van der Waals surface area contributed by atoms with Gasteiger partial charge in [-0.25, -0.2) is 0 Å². The van der Waals surface area contributed by atoms with E-state index in [0.29, 0.717) is 6.54 Å². The highest BCUT2D eigenvalue weighted by molar-refractivity contribution is 7.80. The second-order valence-corrected chi connectivity index (χ2v) is 3.59. The van der Waals surface area contributed by atoms with Gasteiger partial charge in [0, 0.05) is 12.0 Å². The van der Waals surface area contributed by atoms with E-state index in [1.165, 1.54) is 0 Å². The minimum atomic E-state index is 0.632. The summed E-state index contributed by atoms with van der Waals surface area (Å²) in [4.78, 5) is 6.41. The van der Waals surface area contributed by atoms with Crippen LogP contribution < -0.4 is 4.84 Å². The Kier molecular flexibility index (Phi) is 2.50. The molecule has 0 aliphatic carbocycles. The number of rotatable bonds is 2. The summed E-state index contributed by atoms with van der Waals surface area (Å²) in [5.74, 6) is 0.892. The van der Waals surface area contributed by atoms with E-state index in [-0.39, 0.29) is 0 Å². The van der Waals surface area contributed by atoms with Crippen molar-refractivity contribution in [3.8, 4) is 5.75 Å². The highest BCUT2D eigenvalue weighted by Gasteiger charge is 2.19. The Morgan fingerprint density at radius 3 is 3.07 bits per heavy atom. The van der Waals surface area contributed by atoms with Gasteiger partial charge in [0.25, 0.3) is 0 Å². The van der Waals surface area contributed by atoms with Crippen molar-refractivity contribution in [1.29, 1.82) is 0 Å². The summed E-state index contributed by atoms with van der Waals surface area (Å²) in [6, 6.07) is 7.94. The summed E-state index contributed by atoms with van der Waals surface area (Å²) in [7, 11) is 0. The molecule has 3 heteroatoms. The Hall–Kier alpha value is -1.35. The van der Waals surface area contributed by atoms with Crippen LogP contribution in [0.1, 0.15) is 5.56 Å². The van der Waals surface area contributed by atoms with E-state index in [9.17, 15) is 0 Å². The molecule has 0 N–H and O–H groups in total. The van der Waals surface area contributed by atoms with E-state index in [0.717, 1.165) is 22.7 Å². The lowest BCUT2D eigenvalue weighted by molar-refractivity contribution is 0.0250. The van der Waals surface area contributed by atoms with Gasteiger partial charge in [-0.2, -0.15) is 5.06 Å². The molecule has 0 atom stereocenters. The molecular formula is C11H11NOS. The van der Waals surface area contributed by atoms with Crippen LogP contribution in [0.4, 0.5) is 0 Å². The van der Waals surface area contributed by atoms with Crippen LogP contribution in [0.5, 0.6) is 5.75 Å². The number of para-hydroxylation sites is 1. The van der Waals surface area contributed by atoms with Gasteiger partial charge in [0.15, 0.2) is 5.75 Å². The summed E-state index contributed by atoms with van der Waals surface area (Å²) in [6.45, 7) is 4.30. The van der Waals surface area contributed by atoms with Gasteiger partial charge >= 0.3 is 0 Å². The van der Waals surface area contributed by atoms with E-state index in [4.69, 9.17) is 17.1 Å². The zero-order valence-corrected chi connectivity index (χ0v) is 8.59. The predicted molar refractivity (Wildman–Crippen MR) is 60.3 cm³/mol. The molecule has 2 nitrogen and oxygen atoms in total. The SMILES string of the molecule is C=CCN1Oc2ccccc2CC1=S. The molecule has 0 aromatic heterocycles. The van der Waals surface area contributed by atoms with Gasteiger partial charge in [0.2, 0.25) is 0 Å². The Morgan fingerprint density at radius 1 is 1.50 bits per heavy atom. The van der Waals surface area contributed by atoms with Crippen molar-refractivity contribution in [2.45, 2.75) is 6.42 Å². The molecule has 0 saturated carbocycles. The minimum Gasteiger partial charge on any atom is -0.378 e. The molecule has 2 rings (SSSR count). The molecule has 0 bridgehead atoms. The number of benzene rings is 1. The van der Waals surface area contributed by atoms with Crippen molar-refractivity contribution < 1.29 is 4.84 Å². The lowest BCUT2D eigenvalue weighted by Crippen LogP contribution is -2.37. The number of hydrogen-bond donors (Lipinski definition) is 0. The standard InChI is InChI=1S/C11H11NOS/c1-2-7-12-11(14)8-9-5-3-4-6-10(9)13-12/h2-6H,1,7-8H2. The maximum Gasteiger partial charge on any atom is 0.158 e. The highest BCUT2D eigenvalue weighted by Crippen LogP contribution is 2.25. The third kappa shape index (κ3) is 1.63. The third-order valence-electron chi connectivity index (χ3n) is 2.10. The number of nitrogens with zero attached hydrogens (tertiary/aromatic N) is 1. The summed E-state index contributed by atoms with van der Waals surface area (Å²) in [6.07, 6.45) is 2.56. The smallest absolute Gasteiger partial charge is 0.158 e. The molecule has 0 saturated heterocycles. The summed E-state index contributed by atoms with van der Waals surface area (Å²) < 4.78 is 0. The van der Waals surface area contributed by atoms with Gasteiger partial charge in [0.1, 0.15) is 4.99 Å². The predicted octanol–water partition coefficient (Wildman–Crippen LogP) is 2.35. The largest absolute Gasteiger partial charge is 0.378 e. The Labute approximate surface area is 88.7 Å². The molecule has 1 aromatic carbocycles. The summed E-state index contributed by atoms with van der Waals surface area (Å²) in [5, 5.41) is 1.70. The molecular weight excluding hydrogens is 194 g/mol. The topological polar surface area (TPSA) is 12.5 Å². The normalized spacial score (nSPS) is 14.6. The first-order valence-electron chi connectivity index (χ1n) is 4.48. The Bertz CT molecular complexity index is 375. The minimum absolute atomic E-state index is 0.632. The number of fused-ring (bicyclic) bond motifs is 1. The van der Waals surface area contributed by atoms with E-state index in [1.807, 2.05) is 24.3 Å². The zero-order valence-electron chi connectivity index (χ0n) is 7.77. The molecule has 1 aliphatic rings. The average molecular weight is 205 g/mol. The Morgan fingerprint density at radius 2 is 2.29 bits per heavy atom. The second kappa shape index (κ2) is 3.80. The van der Waals surface area contributed by atoms with Gasteiger partial charge < -0.3 is 4.84 Å². The second-order valence-electron chi connectivity index (χ2n) is 3.12. The van der Waals surface area contributed by atoms with E-state index in [2.05, 4.69) is 6.58 Å². The first-order valence-corrected chi connectivity index (χ1v) is 4.89. The molecule has 1 aromatic rings. The number of thiocarbonyl (C=S) groups is 1. The number of hydroxylamine groups is 2. The molecule has 14 heavy (non-hydrogen) atoms. The molecule has 0 spiro atoms. The molecule has 0 amide bonds. The van der Waals surface area contributed by atoms with Crippen molar-refractivity contribution in [2.24, 2.45) is 0 Å². The fourth-order valence-electron chi connectivity index (χ4n) is 1.42. The maximum atomic E-state index is 5.61. The molecule has 72 valence electrons. The van der Waals surface area contributed by atoms with E-state index >= 15 is 0 Å². The monoisotopic (exact) mass is 205 g/mol. The van der Waals surface area contributed by atoms with Crippen LogP contribution in [0.2, 0.25) is 0 Å². The fourth-order valence-corrected chi connectivity index (χ4v) is 1.68. The van der Waals surface area contributed by atoms with E-state index < -0.39 is 0 Å². The maximum absolute atomic E-state index is 5.61. The lowest BCUT2D eigenvalue weighted by atomic mass is 10.1. The van der Waals surface area contributed by atoms with Gasteiger partial charge in [-0.1, -0.05) is 36.5 Å². The molecule has 0 radical (unpaired) electrons. The zero-order chi connectivity index (χ0) is 9.97. The molecule has 0 fully saturated rings. The lowest BCUT2D eigenvalue weighted by Gasteiger charge is -2.29. The quantitative estimate of drug-likeness (QED) is 0.543. The average Bonchev–Trinajstić information content (AvgIpc) is 2.19. The van der Waals surface area contributed by atoms with Crippen molar-refractivity contribution in [2.75, 3.05) is 6.54 Å². The van der Waals surface area contributed by atoms with Crippen molar-refractivity contribution >= 4 is 17.2 Å². The van der Waals surface area contributed by atoms with E-state index in [1.54, 1.807) is 11.1 Å². The fraction of sp³-hybridized carbons (Fsp3) is 0.182. The van der Waals surface area contributed by atoms with Crippen molar-refractivity contribution in [1.82, 2.24) is 5.06 Å². The molecule has 0 unspecified atom stereocenters. The van der Waals surface area contributed by atoms with Crippen LogP contribution in [-0.4, -0.2) is 16.6 Å². The van der Waals surface area contributed by atoms with Crippen molar-refractivity contribution in [3.05, 3.63) is 42.5 Å². The first-order chi connectivity index (χ1) is 6.81. The van der Waals surface area contributed by atoms with Crippen LogP contribution in [0.3, 0.4) is 0 Å². The molecule has 1 heterocycles. The van der Waals surface area contributed by atoms with Crippen LogP contribution in [0.15, 0.2) is 36.9 Å². The summed E-state index contributed by atoms with van der Waals surface area (Å²) in [5.41, 5.74) is 1.15. The third-order valence-corrected chi connectivity index (χ3v) is 2.44.